The minimum absolute atomic E-state index is 0.467. The van der Waals surface area contributed by atoms with Gasteiger partial charge in [0.1, 0.15) is 5.82 Å². The molecule has 80 valence electrons. The van der Waals surface area contributed by atoms with Crippen molar-refractivity contribution >= 4 is 22.4 Å². The number of hydrogen-bond acceptors (Lipinski definition) is 3. The fourth-order valence-corrected chi connectivity index (χ4v) is 1.39. The van der Waals surface area contributed by atoms with Crippen LogP contribution in [0.2, 0.25) is 0 Å². The van der Waals surface area contributed by atoms with Gasteiger partial charge in [0.05, 0.1) is 5.52 Å². The molecule has 0 bridgehead atoms. The van der Waals surface area contributed by atoms with E-state index in [0.29, 0.717) is 11.5 Å². The molecule has 4 N–H and O–H groups in total. The Bertz CT molecular complexity index is 464. The van der Waals surface area contributed by atoms with Crippen LogP contribution >= 0.6 is 0 Å². The molecule has 0 saturated carbocycles. The maximum absolute atomic E-state index is 5.81. The molecular weight excluding hydrogens is 186 g/mol. The molecule has 2 aromatic rings. The third-order valence-corrected chi connectivity index (χ3v) is 2.02. The predicted molar refractivity (Wildman–Crippen MR) is 66.7 cm³/mol. The summed E-state index contributed by atoms with van der Waals surface area (Å²) in [6.45, 7) is 6.02. The van der Waals surface area contributed by atoms with E-state index in [-0.39, 0.29) is 0 Å². The summed E-state index contributed by atoms with van der Waals surface area (Å²) in [4.78, 5) is 4.18. The topological polar surface area (TPSA) is 64.9 Å². The molecule has 0 amide bonds. The molecule has 1 heterocycles. The van der Waals surface area contributed by atoms with E-state index < -0.39 is 0 Å². The Morgan fingerprint density at radius 3 is 2.40 bits per heavy atom. The maximum atomic E-state index is 5.81. The molecule has 0 radical (unpaired) electrons. The van der Waals surface area contributed by atoms with Gasteiger partial charge in [-0.15, -0.1) is 0 Å². The summed E-state index contributed by atoms with van der Waals surface area (Å²) in [6.07, 6.45) is 0. The van der Waals surface area contributed by atoms with E-state index in [2.05, 4.69) is 4.98 Å². The fourth-order valence-electron chi connectivity index (χ4n) is 1.39. The summed E-state index contributed by atoms with van der Waals surface area (Å²) < 4.78 is 0. The number of anilines is 2. The van der Waals surface area contributed by atoms with Crippen LogP contribution in [0.15, 0.2) is 24.3 Å². The Kier molecular flexibility index (Phi) is 3.50. The Morgan fingerprint density at radius 1 is 1.07 bits per heavy atom. The molecule has 0 fully saturated rings. The molecule has 0 aliphatic rings. The van der Waals surface area contributed by atoms with Crippen LogP contribution in [-0.2, 0) is 0 Å². The molecule has 1 aromatic heterocycles. The first-order valence-corrected chi connectivity index (χ1v) is 5.09. The van der Waals surface area contributed by atoms with Crippen molar-refractivity contribution in [3.63, 3.8) is 0 Å². The van der Waals surface area contributed by atoms with Crippen LogP contribution in [0.25, 0.3) is 10.9 Å². The molecule has 0 spiro atoms. The number of aromatic nitrogens is 1. The predicted octanol–water partition coefficient (Wildman–Crippen LogP) is 2.73. The number of pyridine rings is 1. The second-order valence-corrected chi connectivity index (χ2v) is 3.16. The van der Waals surface area contributed by atoms with Gasteiger partial charge in [-0.2, -0.15) is 0 Å². The number of rotatable bonds is 0. The molecule has 2 rings (SSSR count). The van der Waals surface area contributed by atoms with Crippen LogP contribution in [0.4, 0.5) is 11.5 Å². The SMILES string of the molecule is CC.Cc1ccc2nc(N)cc(N)c2c1. The van der Waals surface area contributed by atoms with Crippen LogP contribution in [0.1, 0.15) is 19.4 Å². The molecule has 1 aromatic carbocycles. The zero-order valence-corrected chi connectivity index (χ0v) is 9.41. The molecule has 0 saturated heterocycles. The second kappa shape index (κ2) is 4.64. The van der Waals surface area contributed by atoms with E-state index in [1.807, 2.05) is 39.0 Å². The summed E-state index contributed by atoms with van der Waals surface area (Å²) in [6, 6.07) is 7.62. The number of nitrogens with two attached hydrogens (primary N) is 2. The number of nitrogens with zero attached hydrogens (tertiary/aromatic N) is 1. The number of fused-ring (bicyclic) bond motifs is 1. The average molecular weight is 203 g/mol. The number of hydrogen-bond donors (Lipinski definition) is 2. The van der Waals surface area contributed by atoms with Gasteiger partial charge >= 0.3 is 0 Å². The van der Waals surface area contributed by atoms with Crippen LogP contribution in [-0.4, -0.2) is 4.98 Å². The van der Waals surface area contributed by atoms with Gasteiger partial charge in [0.25, 0.3) is 0 Å². The normalized spacial score (nSPS) is 9.53. The zero-order chi connectivity index (χ0) is 11.4. The lowest BCUT2D eigenvalue weighted by Gasteiger charge is -2.03. The highest BCUT2D eigenvalue weighted by Crippen LogP contribution is 2.22. The zero-order valence-electron chi connectivity index (χ0n) is 9.41. The van der Waals surface area contributed by atoms with Gasteiger partial charge in [0.2, 0.25) is 0 Å². The van der Waals surface area contributed by atoms with Crippen molar-refractivity contribution in [2.24, 2.45) is 0 Å². The van der Waals surface area contributed by atoms with E-state index in [0.717, 1.165) is 10.9 Å². The number of nitrogen functional groups attached to an aromatic ring is 2. The molecule has 3 nitrogen and oxygen atoms in total. The maximum Gasteiger partial charge on any atom is 0.126 e. The van der Waals surface area contributed by atoms with E-state index in [4.69, 9.17) is 11.5 Å². The summed E-state index contributed by atoms with van der Waals surface area (Å²) in [5.41, 5.74) is 14.1. The molecule has 3 heteroatoms. The van der Waals surface area contributed by atoms with E-state index in [1.165, 1.54) is 5.56 Å². The molecule has 0 atom stereocenters. The smallest absolute Gasteiger partial charge is 0.126 e. The molecule has 0 aliphatic heterocycles. The highest BCUT2D eigenvalue weighted by molar-refractivity contribution is 5.92. The molecular formula is C12H17N3. The van der Waals surface area contributed by atoms with Crippen molar-refractivity contribution in [3.05, 3.63) is 29.8 Å². The molecule has 0 unspecified atom stereocenters. The summed E-state index contributed by atoms with van der Waals surface area (Å²) >= 11 is 0. The van der Waals surface area contributed by atoms with Crippen molar-refractivity contribution in [2.75, 3.05) is 11.5 Å². The van der Waals surface area contributed by atoms with Gasteiger partial charge in [0.15, 0.2) is 0 Å². The molecule has 0 aliphatic carbocycles. The minimum atomic E-state index is 0.467. The number of benzene rings is 1. The van der Waals surface area contributed by atoms with Gasteiger partial charge in [0, 0.05) is 17.1 Å². The second-order valence-electron chi connectivity index (χ2n) is 3.16. The first-order valence-electron chi connectivity index (χ1n) is 5.09. The fraction of sp³-hybridized carbons (Fsp3) is 0.250. The van der Waals surface area contributed by atoms with Crippen molar-refractivity contribution in [2.45, 2.75) is 20.8 Å². The van der Waals surface area contributed by atoms with E-state index >= 15 is 0 Å². The first-order chi connectivity index (χ1) is 7.16. The van der Waals surface area contributed by atoms with Crippen LogP contribution in [0.3, 0.4) is 0 Å². The van der Waals surface area contributed by atoms with E-state index in [1.54, 1.807) is 6.07 Å². The van der Waals surface area contributed by atoms with Crippen LogP contribution in [0, 0.1) is 6.92 Å². The Balaban J connectivity index is 0.000000531. The minimum Gasteiger partial charge on any atom is -0.398 e. The van der Waals surface area contributed by atoms with Gasteiger partial charge in [-0.25, -0.2) is 4.98 Å². The quantitative estimate of drug-likeness (QED) is 0.692. The Morgan fingerprint density at radius 2 is 1.73 bits per heavy atom. The monoisotopic (exact) mass is 203 g/mol. The van der Waals surface area contributed by atoms with Gasteiger partial charge in [-0.05, 0) is 19.1 Å². The lowest BCUT2D eigenvalue weighted by atomic mass is 10.1. The van der Waals surface area contributed by atoms with Gasteiger partial charge in [-0.1, -0.05) is 25.5 Å². The lowest BCUT2D eigenvalue weighted by Crippen LogP contribution is -1.95. The van der Waals surface area contributed by atoms with E-state index in [9.17, 15) is 0 Å². The highest BCUT2D eigenvalue weighted by atomic mass is 14.8. The van der Waals surface area contributed by atoms with Gasteiger partial charge in [-0.3, -0.25) is 0 Å². The van der Waals surface area contributed by atoms with Crippen LogP contribution in [0.5, 0.6) is 0 Å². The Hall–Kier alpha value is -1.77. The summed E-state index contributed by atoms with van der Waals surface area (Å²) in [5, 5.41) is 0.967. The summed E-state index contributed by atoms with van der Waals surface area (Å²) in [7, 11) is 0. The summed E-state index contributed by atoms with van der Waals surface area (Å²) in [5.74, 6) is 0.467. The molecule has 15 heavy (non-hydrogen) atoms. The van der Waals surface area contributed by atoms with Gasteiger partial charge < -0.3 is 11.5 Å². The first kappa shape index (κ1) is 11.3. The van der Waals surface area contributed by atoms with Crippen molar-refractivity contribution in [1.29, 1.82) is 0 Å². The van der Waals surface area contributed by atoms with Crippen molar-refractivity contribution in [1.82, 2.24) is 4.98 Å². The van der Waals surface area contributed by atoms with Crippen molar-refractivity contribution in [3.8, 4) is 0 Å². The third-order valence-electron chi connectivity index (χ3n) is 2.02. The largest absolute Gasteiger partial charge is 0.398 e. The van der Waals surface area contributed by atoms with Crippen molar-refractivity contribution < 1.29 is 0 Å². The number of aryl methyl sites for hydroxylation is 1. The standard InChI is InChI=1S/C10H11N3.C2H6/c1-6-2-3-9-7(4-6)8(11)5-10(12)13-9;1-2/h2-5H,1H3,(H4,11,12,13);1-2H3. The Labute approximate surface area is 90.1 Å². The third kappa shape index (κ3) is 2.37. The van der Waals surface area contributed by atoms with Crippen LogP contribution < -0.4 is 11.5 Å². The average Bonchev–Trinajstić information content (AvgIpc) is 2.22. The highest BCUT2D eigenvalue weighted by Gasteiger charge is 2.00. The lowest BCUT2D eigenvalue weighted by molar-refractivity contribution is 1.40.